The van der Waals surface area contributed by atoms with Gasteiger partial charge in [0.1, 0.15) is 0 Å². The fraction of sp³-hybridized carbons (Fsp3) is 1.00. The van der Waals surface area contributed by atoms with Crippen LogP contribution in [-0.2, 0) is 43.4 Å². The Morgan fingerprint density at radius 3 is 0.381 bits per heavy atom. The van der Waals surface area contributed by atoms with Gasteiger partial charge < -0.3 is 30.6 Å². The number of aliphatic hydroxyl groups is 6. The van der Waals surface area contributed by atoms with E-state index in [1.807, 2.05) is 0 Å². The molecule has 0 amide bonds. The molecule has 0 aromatic heterocycles. The van der Waals surface area contributed by atoms with E-state index in [9.17, 15) is 0 Å². The van der Waals surface area contributed by atoms with Crippen LogP contribution in [-0.4, -0.2) is 70.3 Å². The predicted molar refractivity (Wildman–Crippen MR) is 83.3 cm³/mol. The maximum atomic E-state index is 7.57. The van der Waals surface area contributed by atoms with Crippen LogP contribution in [0.3, 0.4) is 0 Å². The molecule has 0 saturated heterocycles. The molecule has 0 aromatic carbocycles. The van der Waals surface area contributed by atoms with E-state index in [0.717, 1.165) is 0 Å². The average Bonchev–Trinajstić information content (AvgIpc) is 2.23. The molecule has 6 N–H and O–H groups in total. The van der Waals surface area contributed by atoms with Gasteiger partial charge in [0.05, 0.1) is 0 Å². The van der Waals surface area contributed by atoms with Gasteiger partial charge >= 0.3 is 0 Å². The van der Waals surface area contributed by atoms with Crippen LogP contribution in [0.1, 0.15) is 49.0 Å². The van der Waals surface area contributed by atoms with Crippen LogP contribution < -0.4 is 0 Å². The van der Waals surface area contributed by atoms with Crippen LogP contribution in [0.5, 0.6) is 0 Å². The Morgan fingerprint density at radius 1 is 0.381 bits per heavy atom. The fourth-order valence-corrected chi connectivity index (χ4v) is 0. The van der Waals surface area contributed by atoms with Crippen molar-refractivity contribution in [3.05, 3.63) is 0 Å². The first-order chi connectivity index (χ1) is 8.49. The second-order valence-corrected chi connectivity index (χ2v) is 1.90. The van der Waals surface area contributed by atoms with Crippen molar-refractivity contribution < 1.29 is 74.1 Å². The van der Waals surface area contributed by atoms with Gasteiger partial charge in [-0.2, -0.15) is 0 Å². The Kier molecular flexibility index (Phi) is 456. The predicted octanol–water partition coefficient (Wildman–Crippen LogP) is 0.623. The van der Waals surface area contributed by atoms with Crippen LogP contribution in [0.25, 0.3) is 0 Å². The monoisotopic (exact) mass is 388 g/mol. The first kappa shape index (κ1) is 57.3. The molecule has 0 bridgehead atoms. The zero-order valence-electron chi connectivity index (χ0n) is 13.9. The summed E-state index contributed by atoms with van der Waals surface area (Å²) in [5, 5.41) is 45.4. The molecule has 0 atom stereocenters. The maximum Gasteiger partial charge on any atom is 0.0402 e. The molecule has 0 aliphatic rings. The molecule has 0 aliphatic heterocycles. The summed E-state index contributed by atoms with van der Waals surface area (Å²) in [7, 11) is 0. The summed E-state index contributed by atoms with van der Waals surface area (Å²) >= 11 is 0. The summed E-state index contributed by atoms with van der Waals surface area (Å²) in [6, 6.07) is 0. The molecule has 0 unspecified atom stereocenters. The molecule has 21 heavy (non-hydrogen) atoms. The molecule has 8 heteroatoms. The molecule has 0 saturated carbocycles. The molecule has 0 radical (unpaired) electrons. The van der Waals surface area contributed by atoms with Crippen molar-refractivity contribution in [2.75, 3.05) is 39.6 Å². The first-order valence-electron chi connectivity index (χ1n) is 6.14. The van der Waals surface area contributed by atoms with Crippen molar-refractivity contribution in [1.29, 1.82) is 0 Å². The molecule has 6 nitrogen and oxygen atoms in total. The first-order valence-corrected chi connectivity index (χ1v) is 6.14. The van der Waals surface area contributed by atoms with E-state index >= 15 is 0 Å². The van der Waals surface area contributed by atoms with Gasteiger partial charge in [-0.3, -0.25) is 0 Å². The van der Waals surface area contributed by atoms with Gasteiger partial charge in [0.25, 0.3) is 0 Å². The normalized spacial score (nSPS) is 5.14. The number of hydrogen-bond acceptors (Lipinski definition) is 6. The minimum absolute atomic E-state index is 0. The van der Waals surface area contributed by atoms with Gasteiger partial charge in [-0.1, -0.05) is 7.43 Å². The van der Waals surface area contributed by atoms with Crippen molar-refractivity contribution in [1.82, 2.24) is 0 Å². The third-order valence-corrected chi connectivity index (χ3v) is 0. The topological polar surface area (TPSA) is 121 Å². The molecular weight excluding hydrogens is 348 g/mol. The third-order valence-electron chi connectivity index (χ3n) is 0. The Bertz CT molecular complexity index is 42.1. The number of aliphatic hydroxyl groups excluding tert-OH is 6. The van der Waals surface area contributed by atoms with Crippen molar-refractivity contribution >= 4 is 0 Å². The van der Waals surface area contributed by atoms with Gasteiger partial charge in [0.2, 0.25) is 0 Å². The summed E-state index contributed by atoms with van der Waals surface area (Å²) in [5.41, 5.74) is 0. The van der Waals surface area contributed by atoms with Crippen LogP contribution in [0.15, 0.2) is 0 Å². The fourth-order valence-electron chi connectivity index (χ4n) is 0. The van der Waals surface area contributed by atoms with E-state index in [1.54, 1.807) is 41.5 Å². The maximum absolute atomic E-state index is 7.57. The Balaban J connectivity index is -0.0000000114. The van der Waals surface area contributed by atoms with Crippen molar-refractivity contribution in [2.45, 2.75) is 49.0 Å². The summed E-state index contributed by atoms with van der Waals surface area (Å²) in [6.07, 6.45) is 0. The minimum Gasteiger partial charge on any atom is -0.397 e. The van der Waals surface area contributed by atoms with Gasteiger partial charge in [-0.25, -0.2) is 0 Å². The van der Waals surface area contributed by atoms with E-state index < -0.39 is 0 Å². The van der Waals surface area contributed by atoms with Gasteiger partial charge in [-0.05, 0) is 41.5 Å². The molecule has 0 rings (SSSR count). The molecule has 0 heterocycles. The Hall–Kier alpha value is 1.19. The van der Waals surface area contributed by atoms with Crippen LogP contribution in [0.4, 0.5) is 0 Å². The van der Waals surface area contributed by atoms with Crippen molar-refractivity contribution in [2.24, 2.45) is 0 Å². The largest absolute Gasteiger partial charge is 0.397 e. The average molecular weight is 388 g/mol. The SMILES string of the molecule is C.CCO.CCO.CCO.CCO.CCO.CCO.[Ti].[Ti]. The molecule has 0 aromatic rings. The van der Waals surface area contributed by atoms with Crippen LogP contribution in [0.2, 0.25) is 0 Å². The summed E-state index contributed by atoms with van der Waals surface area (Å²) in [6.45, 7) is 11.6. The van der Waals surface area contributed by atoms with E-state index in [0.29, 0.717) is 0 Å². The Labute approximate surface area is 162 Å². The van der Waals surface area contributed by atoms with E-state index in [4.69, 9.17) is 30.6 Å². The Morgan fingerprint density at radius 2 is 0.381 bits per heavy atom. The van der Waals surface area contributed by atoms with Crippen LogP contribution in [0, 0.1) is 0 Å². The second kappa shape index (κ2) is 167. The van der Waals surface area contributed by atoms with E-state index in [-0.39, 0.29) is 90.5 Å². The zero-order valence-corrected chi connectivity index (χ0v) is 17.0. The summed E-state index contributed by atoms with van der Waals surface area (Å²) in [4.78, 5) is 0. The van der Waals surface area contributed by atoms with Gasteiger partial charge in [0.15, 0.2) is 0 Å². The van der Waals surface area contributed by atoms with E-state index in [1.165, 1.54) is 0 Å². The van der Waals surface area contributed by atoms with Gasteiger partial charge in [-0.15, -0.1) is 0 Å². The van der Waals surface area contributed by atoms with Crippen LogP contribution >= 0.6 is 0 Å². The van der Waals surface area contributed by atoms with Crippen molar-refractivity contribution in [3.63, 3.8) is 0 Å². The molecule has 0 aliphatic carbocycles. The standard InChI is InChI=1S/6C2H6O.CH4.2Ti/c6*1-2-3;;;/h6*3H,2H2,1H3;1H4;;. The molecule has 136 valence electrons. The summed E-state index contributed by atoms with van der Waals surface area (Å²) in [5.74, 6) is 0. The number of hydrogen-bond donors (Lipinski definition) is 6. The smallest absolute Gasteiger partial charge is 0.0402 e. The molecular formula is C13H40O6Ti2. The van der Waals surface area contributed by atoms with Gasteiger partial charge in [0, 0.05) is 83.1 Å². The molecule has 0 fully saturated rings. The second-order valence-electron chi connectivity index (χ2n) is 1.90. The van der Waals surface area contributed by atoms with E-state index in [2.05, 4.69) is 0 Å². The molecule has 0 spiro atoms. The quantitative estimate of drug-likeness (QED) is 0.339. The third kappa shape index (κ3) is 5520. The van der Waals surface area contributed by atoms with Crippen molar-refractivity contribution in [3.8, 4) is 0 Å². The summed E-state index contributed by atoms with van der Waals surface area (Å²) < 4.78 is 0. The minimum atomic E-state index is 0. The number of rotatable bonds is 0. The zero-order chi connectivity index (χ0) is 16.2.